The van der Waals surface area contributed by atoms with Gasteiger partial charge < -0.3 is 9.52 Å². The van der Waals surface area contributed by atoms with Gasteiger partial charge in [0.15, 0.2) is 17.8 Å². The topological polar surface area (TPSA) is 63.3 Å². The van der Waals surface area contributed by atoms with Gasteiger partial charge in [-0.2, -0.15) is 0 Å². The Balaban J connectivity index is 2.51. The second-order valence-electron chi connectivity index (χ2n) is 2.46. The van der Waals surface area contributed by atoms with Gasteiger partial charge in [-0.3, -0.25) is 0 Å². The van der Waals surface area contributed by atoms with E-state index in [0.717, 1.165) is 15.7 Å². The molecule has 1 N–H and O–H groups in total. The van der Waals surface area contributed by atoms with Crippen LogP contribution in [0.2, 0.25) is 0 Å². The third-order valence-corrected chi connectivity index (χ3v) is 3.25. The molecule has 0 aliphatic carbocycles. The van der Waals surface area contributed by atoms with Gasteiger partial charge in [-0.05, 0) is 22.0 Å². The van der Waals surface area contributed by atoms with E-state index in [2.05, 4.69) is 20.9 Å². The van der Waals surface area contributed by atoms with Crippen molar-refractivity contribution >= 4 is 33.2 Å². The van der Waals surface area contributed by atoms with Crippen LogP contribution in [0.15, 0.2) is 26.7 Å². The Morgan fingerprint density at radius 3 is 3.00 bits per heavy atom. The van der Waals surface area contributed by atoms with Crippen LogP contribution >= 0.6 is 27.3 Å². The van der Waals surface area contributed by atoms with E-state index in [4.69, 9.17) is 9.52 Å². The summed E-state index contributed by atoms with van der Waals surface area (Å²) in [5, 5.41) is 10.6. The number of hydrogen-bond donors (Lipinski definition) is 1. The number of carboxylic acids is 1. The Hall–Kier alpha value is -1.14. The van der Waals surface area contributed by atoms with Gasteiger partial charge >= 0.3 is 5.97 Å². The van der Waals surface area contributed by atoms with Crippen molar-refractivity contribution in [1.29, 1.82) is 0 Å². The SMILES string of the molecule is O=C(O)c1ncoc1-c1cc(Br)cs1. The summed E-state index contributed by atoms with van der Waals surface area (Å²) in [6, 6.07) is 1.79. The number of hydrogen-bond acceptors (Lipinski definition) is 4. The smallest absolute Gasteiger partial charge is 0.358 e. The van der Waals surface area contributed by atoms with Crippen molar-refractivity contribution in [3.63, 3.8) is 0 Å². The van der Waals surface area contributed by atoms with Gasteiger partial charge in [-0.25, -0.2) is 9.78 Å². The van der Waals surface area contributed by atoms with E-state index >= 15 is 0 Å². The van der Waals surface area contributed by atoms with Gasteiger partial charge in [0.1, 0.15) is 0 Å². The number of carboxylic acid groups (broad SMARTS) is 1. The molecule has 0 saturated carbocycles. The van der Waals surface area contributed by atoms with Crippen molar-refractivity contribution in [3.8, 4) is 10.6 Å². The lowest BCUT2D eigenvalue weighted by atomic mass is 10.3. The maximum Gasteiger partial charge on any atom is 0.358 e. The first-order chi connectivity index (χ1) is 6.68. The molecule has 6 heteroatoms. The quantitative estimate of drug-likeness (QED) is 0.914. The Morgan fingerprint density at radius 1 is 1.64 bits per heavy atom. The van der Waals surface area contributed by atoms with Crippen molar-refractivity contribution in [2.24, 2.45) is 0 Å². The van der Waals surface area contributed by atoms with Crippen LogP contribution in [-0.2, 0) is 0 Å². The molecule has 0 unspecified atom stereocenters. The average molecular weight is 274 g/mol. The minimum atomic E-state index is -1.08. The summed E-state index contributed by atoms with van der Waals surface area (Å²) in [4.78, 5) is 15.1. The van der Waals surface area contributed by atoms with Crippen LogP contribution < -0.4 is 0 Å². The van der Waals surface area contributed by atoms with Crippen LogP contribution in [0, 0.1) is 0 Å². The second-order valence-corrected chi connectivity index (χ2v) is 4.29. The number of carbonyl (C=O) groups is 1. The van der Waals surface area contributed by atoms with E-state index in [0.29, 0.717) is 5.76 Å². The highest BCUT2D eigenvalue weighted by Crippen LogP contribution is 2.31. The van der Waals surface area contributed by atoms with Gasteiger partial charge in [0.25, 0.3) is 0 Å². The molecule has 2 aromatic rings. The van der Waals surface area contributed by atoms with Crippen molar-refractivity contribution < 1.29 is 14.3 Å². The Kier molecular flexibility index (Phi) is 2.39. The summed E-state index contributed by atoms with van der Waals surface area (Å²) >= 11 is 4.68. The molecule has 0 spiro atoms. The summed E-state index contributed by atoms with van der Waals surface area (Å²) in [5.41, 5.74) is -0.0562. The van der Waals surface area contributed by atoms with Gasteiger partial charge in [0, 0.05) is 9.85 Å². The summed E-state index contributed by atoms with van der Waals surface area (Å²) < 4.78 is 5.92. The molecular formula is C8H4BrNO3S. The van der Waals surface area contributed by atoms with Crippen molar-refractivity contribution in [3.05, 3.63) is 28.0 Å². The maximum atomic E-state index is 10.7. The normalized spacial score (nSPS) is 10.4. The molecule has 0 amide bonds. The molecule has 0 atom stereocenters. The first kappa shape index (κ1) is 9.42. The predicted octanol–water partition coefficient (Wildman–Crippen LogP) is 2.86. The van der Waals surface area contributed by atoms with Crippen LogP contribution in [0.5, 0.6) is 0 Å². The highest BCUT2D eigenvalue weighted by atomic mass is 79.9. The maximum absolute atomic E-state index is 10.7. The molecule has 72 valence electrons. The molecule has 0 bridgehead atoms. The zero-order valence-corrected chi connectivity index (χ0v) is 9.13. The molecule has 2 aromatic heterocycles. The molecule has 14 heavy (non-hydrogen) atoms. The molecule has 0 fully saturated rings. The number of aromatic carboxylic acids is 1. The van der Waals surface area contributed by atoms with Crippen LogP contribution in [0.1, 0.15) is 10.5 Å². The highest BCUT2D eigenvalue weighted by molar-refractivity contribution is 9.10. The van der Waals surface area contributed by atoms with Crippen LogP contribution in [0.3, 0.4) is 0 Å². The monoisotopic (exact) mass is 273 g/mol. The van der Waals surface area contributed by atoms with E-state index < -0.39 is 5.97 Å². The zero-order valence-electron chi connectivity index (χ0n) is 6.73. The lowest BCUT2D eigenvalue weighted by Crippen LogP contribution is -1.97. The third-order valence-electron chi connectivity index (χ3n) is 1.56. The van der Waals surface area contributed by atoms with Gasteiger partial charge in [-0.15, -0.1) is 11.3 Å². The number of thiophene rings is 1. The molecule has 4 nitrogen and oxygen atoms in total. The molecule has 0 aliphatic heterocycles. The van der Waals surface area contributed by atoms with E-state index in [1.165, 1.54) is 11.3 Å². The molecule has 0 aliphatic rings. The summed E-state index contributed by atoms with van der Waals surface area (Å²) in [5.74, 6) is -0.786. The van der Waals surface area contributed by atoms with Crippen molar-refractivity contribution in [2.45, 2.75) is 0 Å². The minimum absolute atomic E-state index is 0.0562. The highest BCUT2D eigenvalue weighted by Gasteiger charge is 2.18. The molecule has 2 heterocycles. The van der Waals surface area contributed by atoms with E-state index in [1.807, 2.05) is 5.38 Å². The summed E-state index contributed by atoms with van der Waals surface area (Å²) in [6.45, 7) is 0. The number of aromatic nitrogens is 1. The van der Waals surface area contributed by atoms with Crippen LogP contribution in [0.4, 0.5) is 0 Å². The fourth-order valence-electron chi connectivity index (χ4n) is 1.01. The van der Waals surface area contributed by atoms with Crippen LogP contribution in [-0.4, -0.2) is 16.1 Å². The van der Waals surface area contributed by atoms with Gasteiger partial charge in [0.2, 0.25) is 0 Å². The lowest BCUT2D eigenvalue weighted by molar-refractivity contribution is 0.0691. The number of nitrogens with zero attached hydrogens (tertiary/aromatic N) is 1. The molecular weight excluding hydrogens is 270 g/mol. The third kappa shape index (κ3) is 1.58. The number of rotatable bonds is 2. The van der Waals surface area contributed by atoms with E-state index in [-0.39, 0.29) is 5.69 Å². The van der Waals surface area contributed by atoms with Gasteiger partial charge in [-0.1, -0.05) is 0 Å². The second kappa shape index (κ2) is 3.55. The first-order valence-corrected chi connectivity index (χ1v) is 5.27. The predicted molar refractivity (Wildman–Crippen MR) is 54.5 cm³/mol. The zero-order chi connectivity index (χ0) is 10.1. The van der Waals surface area contributed by atoms with Crippen LogP contribution in [0.25, 0.3) is 10.6 Å². The Bertz CT molecular complexity index is 476. The standard InChI is InChI=1S/C8H4BrNO3S/c9-4-1-5(14-2-4)7-6(8(11)12)10-3-13-7/h1-3H,(H,11,12). The van der Waals surface area contributed by atoms with E-state index in [9.17, 15) is 4.79 Å². The minimum Gasteiger partial charge on any atom is -0.476 e. The largest absolute Gasteiger partial charge is 0.476 e. The number of oxazole rings is 1. The first-order valence-electron chi connectivity index (χ1n) is 3.59. The fourth-order valence-corrected chi connectivity index (χ4v) is 2.42. The van der Waals surface area contributed by atoms with Crippen molar-refractivity contribution in [2.75, 3.05) is 0 Å². The average Bonchev–Trinajstić information content (AvgIpc) is 2.70. The fraction of sp³-hybridized carbons (Fsp3) is 0. The Labute approximate surface area is 91.3 Å². The molecule has 0 radical (unpaired) electrons. The summed E-state index contributed by atoms with van der Waals surface area (Å²) in [7, 11) is 0. The van der Waals surface area contributed by atoms with Gasteiger partial charge in [0.05, 0.1) is 4.88 Å². The van der Waals surface area contributed by atoms with E-state index in [1.54, 1.807) is 6.07 Å². The molecule has 0 saturated heterocycles. The molecule has 0 aromatic carbocycles. The summed E-state index contributed by atoms with van der Waals surface area (Å²) in [6.07, 6.45) is 1.13. The molecule has 2 rings (SSSR count). The number of halogens is 1. The Morgan fingerprint density at radius 2 is 2.43 bits per heavy atom. The van der Waals surface area contributed by atoms with Crippen molar-refractivity contribution in [1.82, 2.24) is 4.98 Å². The lowest BCUT2D eigenvalue weighted by Gasteiger charge is -1.91.